The van der Waals surface area contributed by atoms with Gasteiger partial charge in [-0.3, -0.25) is 4.79 Å². The zero-order chi connectivity index (χ0) is 12.7. The van der Waals surface area contributed by atoms with E-state index in [9.17, 15) is 9.59 Å². The fourth-order valence-corrected chi connectivity index (χ4v) is 2.75. The summed E-state index contributed by atoms with van der Waals surface area (Å²) in [5, 5.41) is 3.03. The summed E-state index contributed by atoms with van der Waals surface area (Å²) in [5.74, 6) is 0. The van der Waals surface area contributed by atoms with Crippen molar-refractivity contribution in [2.24, 2.45) is 0 Å². The van der Waals surface area contributed by atoms with E-state index in [0.717, 1.165) is 5.56 Å². The highest BCUT2D eigenvalue weighted by molar-refractivity contribution is 7.12. The molecule has 1 aromatic carbocycles. The summed E-state index contributed by atoms with van der Waals surface area (Å²) in [7, 11) is 0. The normalized spacial score (nSPS) is 10.9. The number of nitrogens with zero attached hydrogens (tertiary/aromatic N) is 1. The van der Waals surface area contributed by atoms with Crippen LogP contribution in [0.25, 0.3) is 15.9 Å². The van der Waals surface area contributed by atoms with Crippen LogP contribution >= 0.6 is 11.3 Å². The van der Waals surface area contributed by atoms with Crippen molar-refractivity contribution in [2.45, 2.75) is 6.92 Å². The number of thiophene rings is 1. The number of nitrogens with one attached hydrogen (secondary N) is 1. The molecule has 0 amide bonds. The molecule has 0 saturated heterocycles. The number of rotatable bonds is 1. The van der Waals surface area contributed by atoms with Crippen LogP contribution in [-0.2, 0) is 0 Å². The maximum Gasteiger partial charge on any atom is 0.334 e. The average Bonchev–Trinajstić information content (AvgIpc) is 2.82. The van der Waals surface area contributed by atoms with Gasteiger partial charge in [-0.2, -0.15) is 0 Å². The number of aryl methyl sites for hydroxylation is 1. The lowest BCUT2D eigenvalue weighted by Crippen LogP contribution is -2.33. The molecule has 3 aromatic rings. The lowest BCUT2D eigenvalue weighted by atomic mass is 10.1. The Kier molecular flexibility index (Phi) is 2.41. The molecule has 2 heterocycles. The van der Waals surface area contributed by atoms with E-state index in [1.54, 1.807) is 12.1 Å². The van der Waals surface area contributed by atoms with Crippen LogP contribution in [0.2, 0.25) is 0 Å². The predicted molar refractivity (Wildman–Crippen MR) is 72.8 cm³/mol. The second kappa shape index (κ2) is 3.96. The van der Waals surface area contributed by atoms with Gasteiger partial charge in [0.2, 0.25) is 0 Å². The Bertz CT molecular complexity index is 828. The van der Waals surface area contributed by atoms with Gasteiger partial charge in [-0.05, 0) is 36.1 Å². The maximum atomic E-state index is 12.4. The van der Waals surface area contributed by atoms with Crippen molar-refractivity contribution in [3.05, 3.63) is 62.1 Å². The third kappa shape index (κ3) is 1.52. The first-order valence-electron chi connectivity index (χ1n) is 5.47. The number of hydrogen-bond acceptors (Lipinski definition) is 3. The summed E-state index contributed by atoms with van der Waals surface area (Å²) in [6.07, 6.45) is 0. The number of H-pyrrole nitrogens is 1. The monoisotopic (exact) mass is 258 g/mol. The van der Waals surface area contributed by atoms with Gasteiger partial charge in [0.15, 0.2) is 0 Å². The van der Waals surface area contributed by atoms with E-state index >= 15 is 0 Å². The lowest BCUT2D eigenvalue weighted by Gasteiger charge is -2.05. The Hall–Kier alpha value is -2.14. The third-order valence-electron chi connectivity index (χ3n) is 2.86. The van der Waals surface area contributed by atoms with E-state index in [1.165, 1.54) is 15.9 Å². The van der Waals surface area contributed by atoms with Gasteiger partial charge in [-0.1, -0.05) is 12.1 Å². The average molecular weight is 258 g/mol. The molecule has 0 aliphatic heterocycles. The fourth-order valence-electron chi connectivity index (χ4n) is 2.03. The molecule has 0 saturated carbocycles. The van der Waals surface area contributed by atoms with Gasteiger partial charge in [0.1, 0.15) is 5.00 Å². The Morgan fingerprint density at radius 2 is 2.00 bits per heavy atom. The second-order valence-electron chi connectivity index (χ2n) is 4.02. The van der Waals surface area contributed by atoms with Crippen molar-refractivity contribution >= 4 is 22.2 Å². The van der Waals surface area contributed by atoms with Crippen LogP contribution in [0.4, 0.5) is 0 Å². The van der Waals surface area contributed by atoms with Crippen LogP contribution in [-0.4, -0.2) is 9.55 Å². The molecule has 0 fully saturated rings. The standard InChI is InChI=1S/C13H10N2O2S/c1-8-4-2-5-9-11(8)12(16)15(13(17)14-9)10-6-3-7-18-10/h2-7H,1H3,(H,14,17). The van der Waals surface area contributed by atoms with E-state index in [-0.39, 0.29) is 5.56 Å². The minimum Gasteiger partial charge on any atom is -0.306 e. The molecule has 0 radical (unpaired) electrons. The van der Waals surface area contributed by atoms with Crippen LogP contribution in [0.3, 0.4) is 0 Å². The summed E-state index contributed by atoms with van der Waals surface area (Å²) in [6, 6.07) is 8.99. The zero-order valence-electron chi connectivity index (χ0n) is 9.64. The quantitative estimate of drug-likeness (QED) is 0.726. The highest BCUT2D eigenvalue weighted by atomic mass is 32.1. The molecule has 3 rings (SSSR count). The van der Waals surface area contributed by atoms with Crippen LogP contribution < -0.4 is 11.2 Å². The smallest absolute Gasteiger partial charge is 0.306 e. The molecule has 0 spiro atoms. The Labute approximate surface area is 106 Å². The third-order valence-corrected chi connectivity index (χ3v) is 3.71. The Balaban J connectivity index is 2.52. The molecule has 5 heteroatoms. The highest BCUT2D eigenvalue weighted by Gasteiger charge is 2.11. The number of hydrogen-bond donors (Lipinski definition) is 1. The summed E-state index contributed by atoms with van der Waals surface area (Å²) in [4.78, 5) is 27.1. The minimum atomic E-state index is -0.402. The molecule has 0 atom stereocenters. The van der Waals surface area contributed by atoms with Crippen molar-refractivity contribution in [3.8, 4) is 5.00 Å². The van der Waals surface area contributed by atoms with Crippen LogP contribution in [0.15, 0.2) is 45.3 Å². The van der Waals surface area contributed by atoms with Gasteiger partial charge in [0.05, 0.1) is 10.9 Å². The van der Waals surface area contributed by atoms with E-state index < -0.39 is 5.69 Å². The van der Waals surface area contributed by atoms with Crippen LogP contribution in [0, 0.1) is 6.92 Å². The topological polar surface area (TPSA) is 54.9 Å². The summed E-state index contributed by atoms with van der Waals surface area (Å²) in [5.41, 5.74) is 0.770. The number of benzene rings is 1. The largest absolute Gasteiger partial charge is 0.334 e. The summed E-state index contributed by atoms with van der Waals surface area (Å²) >= 11 is 1.36. The Morgan fingerprint density at radius 3 is 2.72 bits per heavy atom. The molecule has 18 heavy (non-hydrogen) atoms. The first-order valence-corrected chi connectivity index (χ1v) is 6.35. The van der Waals surface area contributed by atoms with Gasteiger partial charge in [0.25, 0.3) is 5.56 Å². The zero-order valence-corrected chi connectivity index (χ0v) is 10.5. The van der Waals surface area contributed by atoms with E-state index in [2.05, 4.69) is 4.98 Å². The fraction of sp³-hybridized carbons (Fsp3) is 0.0769. The van der Waals surface area contributed by atoms with Gasteiger partial charge in [-0.15, -0.1) is 11.3 Å². The number of fused-ring (bicyclic) bond motifs is 1. The SMILES string of the molecule is Cc1cccc2[nH]c(=O)n(-c3cccs3)c(=O)c12. The van der Waals surface area contributed by atoms with E-state index in [0.29, 0.717) is 15.9 Å². The van der Waals surface area contributed by atoms with Crippen molar-refractivity contribution in [1.29, 1.82) is 0 Å². The lowest BCUT2D eigenvalue weighted by molar-refractivity contribution is 0.916. The maximum absolute atomic E-state index is 12.4. The molecule has 4 nitrogen and oxygen atoms in total. The molecule has 2 aromatic heterocycles. The first kappa shape index (κ1) is 11.0. The molecule has 0 aliphatic carbocycles. The number of aromatic nitrogens is 2. The van der Waals surface area contributed by atoms with Crippen molar-refractivity contribution in [2.75, 3.05) is 0 Å². The Morgan fingerprint density at radius 1 is 1.17 bits per heavy atom. The highest BCUT2D eigenvalue weighted by Crippen LogP contribution is 2.14. The molecule has 0 aliphatic rings. The summed E-state index contributed by atoms with van der Waals surface area (Å²) < 4.78 is 1.18. The van der Waals surface area contributed by atoms with Crippen LogP contribution in [0.5, 0.6) is 0 Å². The number of aromatic amines is 1. The molecule has 0 unspecified atom stereocenters. The van der Waals surface area contributed by atoms with E-state index in [1.807, 2.05) is 30.5 Å². The van der Waals surface area contributed by atoms with Gasteiger partial charge in [-0.25, -0.2) is 9.36 Å². The minimum absolute atomic E-state index is 0.269. The molecule has 0 bridgehead atoms. The molecule has 90 valence electrons. The predicted octanol–water partition coefficient (Wildman–Crippen LogP) is 2.05. The van der Waals surface area contributed by atoms with Crippen LogP contribution in [0.1, 0.15) is 5.56 Å². The van der Waals surface area contributed by atoms with E-state index in [4.69, 9.17) is 0 Å². The molecule has 1 N–H and O–H groups in total. The molecular formula is C13H10N2O2S. The first-order chi connectivity index (χ1) is 8.68. The summed E-state index contributed by atoms with van der Waals surface area (Å²) in [6.45, 7) is 1.86. The van der Waals surface area contributed by atoms with Crippen molar-refractivity contribution < 1.29 is 0 Å². The van der Waals surface area contributed by atoms with Gasteiger partial charge >= 0.3 is 5.69 Å². The van der Waals surface area contributed by atoms with Gasteiger partial charge < -0.3 is 4.98 Å². The molecular weight excluding hydrogens is 248 g/mol. The van der Waals surface area contributed by atoms with Gasteiger partial charge in [0, 0.05) is 0 Å². The van der Waals surface area contributed by atoms with Crippen molar-refractivity contribution in [3.63, 3.8) is 0 Å². The van der Waals surface area contributed by atoms with Crippen molar-refractivity contribution in [1.82, 2.24) is 9.55 Å². The second-order valence-corrected chi connectivity index (χ2v) is 4.95.